The van der Waals surface area contributed by atoms with E-state index in [0.717, 1.165) is 38.5 Å². The highest BCUT2D eigenvalue weighted by molar-refractivity contribution is 5.80. The monoisotopic (exact) mass is 802 g/mol. The first-order valence-electron chi connectivity index (χ1n) is 23.1. The van der Waals surface area contributed by atoms with Gasteiger partial charge in [0, 0.05) is 0 Å². The van der Waals surface area contributed by atoms with Gasteiger partial charge < -0.3 is 50.5 Å². The maximum Gasteiger partial charge on any atom is 0.249 e. The molecule has 1 aliphatic heterocycles. The van der Waals surface area contributed by atoms with Gasteiger partial charge in [-0.1, -0.05) is 174 Å². The summed E-state index contributed by atoms with van der Waals surface area (Å²) in [6.45, 7) is 3.29. The van der Waals surface area contributed by atoms with Gasteiger partial charge in [0.25, 0.3) is 0 Å². The molecule has 11 heteroatoms. The van der Waals surface area contributed by atoms with Crippen molar-refractivity contribution in [2.45, 2.75) is 255 Å². The summed E-state index contributed by atoms with van der Waals surface area (Å²) in [5, 5.41) is 74.8. The Morgan fingerprint density at radius 1 is 0.607 bits per heavy atom. The lowest BCUT2D eigenvalue weighted by molar-refractivity contribution is -0.303. The molecule has 0 bridgehead atoms. The molecule has 1 heterocycles. The Morgan fingerprint density at radius 3 is 1.52 bits per heavy atom. The minimum atomic E-state index is -1.66. The van der Waals surface area contributed by atoms with Crippen LogP contribution in [-0.4, -0.2) is 110 Å². The van der Waals surface area contributed by atoms with E-state index < -0.39 is 74.2 Å². The zero-order valence-corrected chi connectivity index (χ0v) is 35.6. The van der Waals surface area contributed by atoms with Crippen LogP contribution in [0.5, 0.6) is 0 Å². The smallest absolute Gasteiger partial charge is 0.249 e. The molecule has 0 saturated carbocycles. The Balaban J connectivity index is 2.21. The third kappa shape index (κ3) is 25.4. The Bertz CT molecular complexity index is 923. The van der Waals surface area contributed by atoms with Gasteiger partial charge in [-0.2, -0.15) is 0 Å². The quantitative estimate of drug-likeness (QED) is 0.0233. The van der Waals surface area contributed by atoms with Gasteiger partial charge in [-0.3, -0.25) is 4.79 Å². The maximum absolute atomic E-state index is 13.0. The lowest BCUT2D eigenvalue weighted by atomic mass is 9.98. The van der Waals surface area contributed by atoms with Crippen molar-refractivity contribution in [2.75, 3.05) is 13.2 Å². The highest BCUT2D eigenvalue weighted by atomic mass is 16.7. The van der Waals surface area contributed by atoms with Gasteiger partial charge in [-0.15, -0.1) is 0 Å². The molecule has 0 aromatic heterocycles. The summed E-state index contributed by atoms with van der Waals surface area (Å²) in [4.78, 5) is 13.0. The number of ether oxygens (including phenoxy) is 2. The number of aliphatic hydroxyl groups is 7. The van der Waals surface area contributed by atoms with Crippen molar-refractivity contribution in [1.29, 1.82) is 0 Å². The van der Waals surface area contributed by atoms with Gasteiger partial charge in [0.15, 0.2) is 6.29 Å². The fourth-order valence-corrected chi connectivity index (χ4v) is 7.43. The summed E-state index contributed by atoms with van der Waals surface area (Å²) in [5.74, 6) is -0.705. The summed E-state index contributed by atoms with van der Waals surface area (Å²) >= 11 is 0. The van der Waals surface area contributed by atoms with Crippen LogP contribution < -0.4 is 5.32 Å². The molecule has 1 aliphatic rings. The number of hydrogen-bond donors (Lipinski definition) is 8. The first-order valence-corrected chi connectivity index (χ1v) is 23.1. The number of unbranched alkanes of at least 4 members (excludes halogenated alkanes) is 24. The van der Waals surface area contributed by atoms with Gasteiger partial charge in [0.05, 0.1) is 25.4 Å². The molecule has 1 fully saturated rings. The Labute approximate surface area is 341 Å². The van der Waals surface area contributed by atoms with Crippen molar-refractivity contribution in [3.8, 4) is 0 Å². The standard InChI is InChI=1S/C45H87NO10/c1-3-5-7-9-10-11-12-13-14-15-16-17-18-19-20-21-22-23-24-25-26-27-28-29-31-33-38(49)44(54)46-36(40(50)37(48)32-30-8-6-4-2)35-55-45-43(53)42(52)41(51)39(34-47)56-45/h19-20,36-43,45,47-53H,3-18,21-35H2,1-2H3,(H,46,54)/b20-19-. The van der Waals surface area contributed by atoms with E-state index in [4.69, 9.17) is 9.47 Å². The molecule has 0 aromatic rings. The lowest BCUT2D eigenvalue weighted by Crippen LogP contribution is -2.60. The van der Waals surface area contributed by atoms with Crippen LogP contribution in [0.2, 0.25) is 0 Å². The molecule has 1 amide bonds. The van der Waals surface area contributed by atoms with Crippen LogP contribution in [0.4, 0.5) is 0 Å². The van der Waals surface area contributed by atoms with Gasteiger partial charge in [-0.25, -0.2) is 0 Å². The van der Waals surface area contributed by atoms with Crippen molar-refractivity contribution < 1.29 is 50.0 Å². The molecule has 56 heavy (non-hydrogen) atoms. The third-order valence-corrected chi connectivity index (χ3v) is 11.3. The second-order valence-corrected chi connectivity index (χ2v) is 16.5. The predicted molar refractivity (Wildman–Crippen MR) is 224 cm³/mol. The van der Waals surface area contributed by atoms with Gasteiger partial charge in [0.1, 0.15) is 36.6 Å². The minimum Gasteiger partial charge on any atom is -0.394 e. The molecule has 0 aliphatic carbocycles. The Hall–Kier alpha value is -1.15. The molecule has 0 spiro atoms. The van der Waals surface area contributed by atoms with Crippen molar-refractivity contribution in [2.24, 2.45) is 0 Å². The second-order valence-electron chi connectivity index (χ2n) is 16.5. The first kappa shape index (κ1) is 52.9. The van der Waals surface area contributed by atoms with Crippen LogP contribution in [0.3, 0.4) is 0 Å². The molecular formula is C45H87NO10. The number of carbonyl (C=O) groups excluding carboxylic acids is 1. The first-order chi connectivity index (χ1) is 27.2. The lowest BCUT2D eigenvalue weighted by Gasteiger charge is -2.40. The molecule has 8 N–H and O–H groups in total. The number of aliphatic hydroxyl groups excluding tert-OH is 7. The normalized spacial score (nSPS) is 22.3. The summed E-state index contributed by atoms with van der Waals surface area (Å²) in [6.07, 6.45) is 26.5. The third-order valence-electron chi connectivity index (χ3n) is 11.3. The van der Waals surface area contributed by atoms with Crippen LogP contribution in [0, 0.1) is 0 Å². The van der Waals surface area contributed by atoms with E-state index in [0.29, 0.717) is 19.3 Å². The number of hydrogen-bond acceptors (Lipinski definition) is 10. The molecule has 1 saturated heterocycles. The van der Waals surface area contributed by atoms with Crippen LogP contribution in [0.15, 0.2) is 12.2 Å². The molecule has 9 atom stereocenters. The van der Waals surface area contributed by atoms with Gasteiger partial charge in [-0.05, 0) is 38.5 Å². The van der Waals surface area contributed by atoms with E-state index in [1.54, 1.807) is 0 Å². The topological polar surface area (TPSA) is 189 Å². The average molecular weight is 802 g/mol. The summed E-state index contributed by atoms with van der Waals surface area (Å²) in [7, 11) is 0. The van der Waals surface area contributed by atoms with Crippen molar-refractivity contribution in [3.63, 3.8) is 0 Å². The highest BCUT2D eigenvalue weighted by Crippen LogP contribution is 2.23. The molecule has 11 nitrogen and oxygen atoms in total. The van der Waals surface area contributed by atoms with Crippen LogP contribution in [-0.2, 0) is 14.3 Å². The number of amides is 1. The predicted octanol–water partition coefficient (Wildman–Crippen LogP) is 7.28. The number of nitrogens with one attached hydrogen (secondary N) is 1. The van der Waals surface area contributed by atoms with Gasteiger partial charge >= 0.3 is 0 Å². The summed E-state index contributed by atoms with van der Waals surface area (Å²) in [5.41, 5.74) is 0. The van der Waals surface area contributed by atoms with E-state index in [2.05, 4.69) is 31.3 Å². The molecule has 0 aromatic carbocycles. The average Bonchev–Trinajstić information content (AvgIpc) is 3.20. The highest BCUT2D eigenvalue weighted by Gasteiger charge is 2.44. The van der Waals surface area contributed by atoms with Crippen LogP contribution in [0.25, 0.3) is 0 Å². The summed E-state index contributed by atoms with van der Waals surface area (Å²) < 4.78 is 11.0. The largest absolute Gasteiger partial charge is 0.394 e. The molecule has 0 radical (unpaired) electrons. The molecule has 1 rings (SSSR count). The number of rotatable bonds is 38. The van der Waals surface area contributed by atoms with Crippen molar-refractivity contribution in [3.05, 3.63) is 12.2 Å². The maximum atomic E-state index is 13.0. The van der Waals surface area contributed by atoms with Crippen molar-refractivity contribution in [1.82, 2.24) is 5.32 Å². The SMILES string of the molecule is CCCCCCCCCCCCCC/C=C\CCCCCCCCCCCC(O)C(=O)NC(COC1OC(CO)C(O)C(O)C1O)C(O)C(O)CCCCCC. The number of allylic oxidation sites excluding steroid dienone is 2. The van der Waals surface area contributed by atoms with E-state index >= 15 is 0 Å². The fourth-order valence-electron chi connectivity index (χ4n) is 7.43. The second kappa shape index (κ2) is 35.8. The molecular weight excluding hydrogens is 714 g/mol. The Kier molecular flexibility index (Phi) is 33.8. The van der Waals surface area contributed by atoms with E-state index in [9.17, 15) is 40.5 Å². The summed E-state index contributed by atoms with van der Waals surface area (Å²) in [6, 6.07) is -1.16. The van der Waals surface area contributed by atoms with E-state index in [-0.39, 0.29) is 6.42 Å². The Morgan fingerprint density at radius 2 is 1.04 bits per heavy atom. The zero-order valence-electron chi connectivity index (χ0n) is 35.6. The van der Waals surface area contributed by atoms with Gasteiger partial charge in [0.2, 0.25) is 5.91 Å². The van der Waals surface area contributed by atoms with E-state index in [1.165, 1.54) is 122 Å². The number of carbonyl (C=O) groups is 1. The van der Waals surface area contributed by atoms with Crippen molar-refractivity contribution >= 4 is 5.91 Å². The molecule has 9 unspecified atom stereocenters. The molecule has 332 valence electrons. The fraction of sp³-hybridized carbons (Fsp3) is 0.933. The minimum absolute atomic E-state index is 0.259. The zero-order chi connectivity index (χ0) is 41.2. The van der Waals surface area contributed by atoms with Crippen LogP contribution in [0.1, 0.15) is 200 Å². The van der Waals surface area contributed by atoms with E-state index in [1.807, 2.05) is 0 Å². The van der Waals surface area contributed by atoms with Crippen LogP contribution >= 0.6 is 0 Å².